The zero-order chi connectivity index (χ0) is 12.4. The predicted molar refractivity (Wildman–Crippen MR) is 62.4 cm³/mol. The van der Waals surface area contributed by atoms with Gasteiger partial charge in [-0.3, -0.25) is 4.79 Å². The van der Waals surface area contributed by atoms with Crippen LogP contribution in [0.15, 0.2) is 0 Å². The molecule has 0 aliphatic heterocycles. The molecule has 16 heavy (non-hydrogen) atoms. The van der Waals surface area contributed by atoms with Gasteiger partial charge in [0, 0.05) is 13.0 Å². The first kappa shape index (κ1) is 15.4. The number of esters is 1. The third kappa shape index (κ3) is 8.68. The van der Waals surface area contributed by atoms with Gasteiger partial charge in [0.25, 0.3) is 0 Å². The lowest BCUT2D eigenvalue weighted by Gasteiger charge is -2.17. The lowest BCUT2D eigenvalue weighted by atomic mass is 10.3. The zero-order valence-electron chi connectivity index (χ0n) is 10.8. The monoisotopic (exact) mass is 232 g/mol. The number of ether oxygens (including phenoxy) is 3. The molecule has 0 amide bonds. The molecule has 0 aliphatic rings. The minimum atomic E-state index is -0.157. The molecular weight excluding hydrogens is 208 g/mol. The van der Waals surface area contributed by atoms with E-state index >= 15 is 0 Å². The minimum Gasteiger partial charge on any atom is -0.463 e. The summed E-state index contributed by atoms with van der Waals surface area (Å²) in [6.07, 6.45) is 1.29. The summed E-state index contributed by atoms with van der Waals surface area (Å²) in [5, 5.41) is 0. The number of rotatable bonds is 9. The summed E-state index contributed by atoms with van der Waals surface area (Å²) in [6.45, 7) is 9.27. The van der Waals surface area contributed by atoms with Crippen molar-refractivity contribution < 1.29 is 19.0 Å². The molecule has 4 nitrogen and oxygen atoms in total. The Morgan fingerprint density at radius 1 is 1.06 bits per heavy atom. The summed E-state index contributed by atoms with van der Waals surface area (Å²) in [5.74, 6) is -0.157. The molecule has 0 saturated heterocycles. The van der Waals surface area contributed by atoms with Gasteiger partial charge in [-0.15, -0.1) is 0 Å². The van der Waals surface area contributed by atoms with Crippen molar-refractivity contribution in [2.45, 2.75) is 52.7 Å². The second-order valence-electron chi connectivity index (χ2n) is 3.84. The van der Waals surface area contributed by atoms with Crippen LogP contribution in [0.5, 0.6) is 0 Å². The summed E-state index contributed by atoms with van der Waals surface area (Å²) in [6, 6.07) is 0. The SMILES string of the molecule is CCCC(=O)OCC(C)OCC(C)OCC. The molecule has 0 spiro atoms. The van der Waals surface area contributed by atoms with Gasteiger partial charge in [-0.1, -0.05) is 6.92 Å². The average molecular weight is 232 g/mol. The van der Waals surface area contributed by atoms with Gasteiger partial charge in [0.05, 0.1) is 18.8 Å². The molecule has 0 fully saturated rings. The van der Waals surface area contributed by atoms with Crippen LogP contribution in [0.3, 0.4) is 0 Å². The fourth-order valence-electron chi connectivity index (χ4n) is 1.17. The van der Waals surface area contributed by atoms with Crippen molar-refractivity contribution in [1.29, 1.82) is 0 Å². The van der Waals surface area contributed by atoms with Crippen LogP contribution in [-0.4, -0.2) is 38.0 Å². The van der Waals surface area contributed by atoms with E-state index in [1.54, 1.807) is 0 Å². The third-order valence-corrected chi connectivity index (χ3v) is 2.00. The molecule has 0 heterocycles. The normalized spacial score (nSPS) is 14.5. The van der Waals surface area contributed by atoms with E-state index in [4.69, 9.17) is 14.2 Å². The maximum Gasteiger partial charge on any atom is 0.305 e. The Balaban J connectivity index is 3.50. The first-order valence-electron chi connectivity index (χ1n) is 5.98. The molecule has 0 N–H and O–H groups in total. The molecule has 0 aromatic rings. The van der Waals surface area contributed by atoms with Crippen molar-refractivity contribution in [3.05, 3.63) is 0 Å². The van der Waals surface area contributed by atoms with Gasteiger partial charge in [-0.2, -0.15) is 0 Å². The maximum absolute atomic E-state index is 11.1. The van der Waals surface area contributed by atoms with Crippen LogP contribution in [0, 0.1) is 0 Å². The first-order valence-corrected chi connectivity index (χ1v) is 5.98. The van der Waals surface area contributed by atoms with Gasteiger partial charge < -0.3 is 14.2 Å². The van der Waals surface area contributed by atoms with Crippen molar-refractivity contribution in [3.8, 4) is 0 Å². The van der Waals surface area contributed by atoms with Crippen molar-refractivity contribution in [2.75, 3.05) is 19.8 Å². The molecule has 2 unspecified atom stereocenters. The van der Waals surface area contributed by atoms with Crippen molar-refractivity contribution in [1.82, 2.24) is 0 Å². The molecule has 4 heteroatoms. The second-order valence-corrected chi connectivity index (χ2v) is 3.84. The van der Waals surface area contributed by atoms with E-state index in [1.165, 1.54) is 0 Å². The van der Waals surface area contributed by atoms with Gasteiger partial charge in [-0.25, -0.2) is 0 Å². The average Bonchev–Trinajstić information content (AvgIpc) is 2.24. The molecule has 0 saturated carbocycles. The lowest BCUT2D eigenvalue weighted by Crippen LogP contribution is -2.24. The molecule has 0 radical (unpaired) electrons. The molecule has 0 aromatic carbocycles. The van der Waals surface area contributed by atoms with E-state index in [1.807, 2.05) is 27.7 Å². The van der Waals surface area contributed by atoms with Crippen LogP contribution in [0.4, 0.5) is 0 Å². The molecule has 0 bridgehead atoms. The van der Waals surface area contributed by atoms with Gasteiger partial charge in [0.1, 0.15) is 6.61 Å². The van der Waals surface area contributed by atoms with Gasteiger partial charge in [0.15, 0.2) is 0 Å². The number of hydrogen-bond acceptors (Lipinski definition) is 4. The van der Waals surface area contributed by atoms with Crippen molar-refractivity contribution in [3.63, 3.8) is 0 Å². The van der Waals surface area contributed by atoms with Gasteiger partial charge in [-0.05, 0) is 27.2 Å². The largest absolute Gasteiger partial charge is 0.463 e. The second kappa shape index (κ2) is 9.60. The Bertz CT molecular complexity index is 182. The Labute approximate surface area is 98.3 Å². The Morgan fingerprint density at radius 3 is 2.25 bits per heavy atom. The van der Waals surface area contributed by atoms with Gasteiger partial charge in [0.2, 0.25) is 0 Å². The smallest absolute Gasteiger partial charge is 0.305 e. The first-order chi connectivity index (χ1) is 7.60. The molecule has 0 aliphatic carbocycles. The number of hydrogen-bond donors (Lipinski definition) is 0. The highest BCUT2D eigenvalue weighted by molar-refractivity contribution is 5.69. The van der Waals surface area contributed by atoms with Gasteiger partial charge >= 0.3 is 5.97 Å². The summed E-state index contributed by atoms with van der Waals surface area (Å²) in [5.41, 5.74) is 0. The van der Waals surface area contributed by atoms with Crippen LogP contribution in [0.25, 0.3) is 0 Å². The quantitative estimate of drug-likeness (QED) is 0.571. The highest BCUT2D eigenvalue weighted by Crippen LogP contribution is 1.99. The van der Waals surface area contributed by atoms with Crippen molar-refractivity contribution >= 4 is 5.97 Å². The van der Waals surface area contributed by atoms with E-state index in [2.05, 4.69) is 0 Å². The Morgan fingerprint density at radius 2 is 1.69 bits per heavy atom. The number of carbonyl (C=O) groups is 1. The molecule has 0 aromatic heterocycles. The molecule has 96 valence electrons. The maximum atomic E-state index is 11.1. The fraction of sp³-hybridized carbons (Fsp3) is 0.917. The van der Waals surface area contributed by atoms with Crippen LogP contribution in [0.2, 0.25) is 0 Å². The minimum absolute atomic E-state index is 0.0799. The summed E-state index contributed by atoms with van der Waals surface area (Å²) in [7, 11) is 0. The fourth-order valence-corrected chi connectivity index (χ4v) is 1.17. The van der Waals surface area contributed by atoms with E-state index in [0.29, 0.717) is 26.2 Å². The van der Waals surface area contributed by atoms with E-state index in [9.17, 15) is 4.79 Å². The third-order valence-electron chi connectivity index (χ3n) is 2.00. The standard InChI is InChI=1S/C12H24O4/c1-5-7-12(13)16-9-11(4)15-8-10(3)14-6-2/h10-11H,5-9H2,1-4H3. The van der Waals surface area contributed by atoms with Crippen LogP contribution < -0.4 is 0 Å². The lowest BCUT2D eigenvalue weighted by molar-refractivity contribution is -0.148. The van der Waals surface area contributed by atoms with Crippen LogP contribution in [-0.2, 0) is 19.0 Å². The van der Waals surface area contributed by atoms with Crippen LogP contribution >= 0.6 is 0 Å². The Hall–Kier alpha value is -0.610. The number of carbonyl (C=O) groups excluding carboxylic acids is 1. The summed E-state index contributed by atoms with van der Waals surface area (Å²) >= 11 is 0. The van der Waals surface area contributed by atoms with E-state index in [-0.39, 0.29) is 18.2 Å². The van der Waals surface area contributed by atoms with E-state index < -0.39 is 0 Å². The summed E-state index contributed by atoms with van der Waals surface area (Å²) < 4.78 is 15.8. The van der Waals surface area contributed by atoms with Crippen LogP contribution in [0.1, 0.15) is 40.5 Å². The highest BCUT2D eigenvalue weighted by Gasteiger charge is 2.09. The molecule has 0 rings (SSSR count). The predicted octanol–water partition coefficient (Wildman–Crippen LogP) is 2.16. The zero-order valence-corrected chi connectivity index (χ0v) is 10.8. The highest BCUT2D eigenvalue weighted by atomic mass is 16.6. The van der Waals surface area contributed by atoms with Crippen molar-refractivity contribution in [2.24, 2.45) is 0 Å². The summed E-state index contributed by atoms with van der Waals surface area (Å²) in [4.78, 5) is 11.1. The topological polar surface area (TPSA) is 44.8 Å². The molecular formula is C12H24O4. The van der Waals surface area contributed by atoms with E-state index in [0.717, 1.165) is 6.42 Å². The molecule has 2 atom stereocenters. The Kier molecular flexibility index (Phi) is 9.24.